The lowest BCUT2D eigenvalue weighted by Crippen LogP contribution is -2.08. The fourth-order valence-corrected chi connectivity index (χ4v) is 1.76. The average molecular weight is 275 g/mol. The van der Waals surface area contributed by atoms with E-state index in [1.807, 2.05) is 38.1 Å². The summed E-state index contributed by atoms with van der Waals surface area (Å²) >= 11 is 0. The fourth-order valence-electron chi connectivity index (χ4n) is 1.76. The van der Waals surface area contributed by atoms with Crippen LogP contribution >= 0.6 is 0 Å². The highest BCUT2D eigenvalue weighted by atomic mass is 16.5. The van der Waals surface area contributed by atoms with Crippen LogP contribution in [-0.4, -0.2) is 10.1 Å². The standard InChI is InChI=1S/C15H21N3O2/c1-4-13(16)11-5-7-12(8-6-11)19-9-14-17-15(10(2)3)20-18-14/h5-8,10,13H,4,9,16H2,1-3H3/t13-/m0/s1. The van der Waals surface area contributed by atoms with Gasteiger partial charge in [0.2, 0.25) is 11.7 Å². The summed E-state index contributed by atoms with van der Waals surface area (Å²) in [6.45, 7) is 6.38. The van der Waals surface area contributed by atoms with Crippen LogP contribution in [0.1, 0.15) is 56.4 Å². The van der Waals surface area contributed by atoms with E-state index in [4.69, 9.17) is 15.0 Å². The van der Waals surface area contributed by atoms with E-state index in [-0.39, 0.29) is 12.0 Å². The van der Waals surface area contributed by atoms with Crippen LogP contribution in [0.2, 0.25) is 0 Å². The molecule has 2 aromatic rings. The Balaban J connectivity index is 1.93. The molecule has 0 radical (unpaired) electrons. The molecule has 5 nitrogen and oxygen atoms in total. The number of hydrogen-bond donors (Lipinski definition) is 1. The molecule has 1 aromatic carbocycles. The molecule has 2 rings (SSSR count). The largest absolute Gasteiger partial charge is 0.485 e. The molecular weight excluding hydrogens is 254 g/mol. The summed E-state index contributed by atoms with van der Waals surface area (Å²) in [6, 6.07) is 7.87. The van der Waals surface area contributed by atoms with E-state index >= 15 is 0 Å². The van der Waals surface area contributed by atoms with Crippen molar-refractivity contribution >= 4 is 0 Å². The number of benzene rings is 1. The van der Waals surface area contributed by atoms with Gasteiger partial charge in [0.1, 0.15) is 5.75 Å². The van der Waals surface area contributed by atoms with E-state index in [9.17, 15) is 0 Å². The number of aromatic nitrogens is 2. The van der Waals surface area contributed by atoms with Crippen LogP contribution in [0, 0.1) is 0 Å². The minimum Gasteiger partial charge on any atom is -0.485 e. The molecule has 20 heavy (non-hydrogen) atoms. The maximum atomic E-state index is 5.97. The highest BCUT2D eigenvalue weighted by Crippen LogP contribution is 2.19. The summed E-state index contributed by atoms with van der Waals surface area (Å²) in [7, 11) is 0. The molecule has 0 aliphatic carbocycles. The van der Waals surface area contributed by atoms with E-state index in [0.29, 0.717) is 18.3 Å². The number of nitrogens with two attached hydrogens (primary N) is 1. The third kappa shape index (κ3) is 3.57. The van der Waals surface area contributed by atoms with Crippen molar-refractivity contribution in [2.24, 2.45) is 5.73 Å². The van der Waals surface area contributed by atoms with Crippen LogP contribution in [0.5, 0.6) is 5.75 Å². The van der Waals surface area contributed by atoms with Gasteiger partial charge in [-0.25, -0.2) is 0 Å². The first kappa shape index (κ1) is 14.5. The van der Waals surface area contributed by atoms with Crippen molar-refractivity contribution in [3.05, 3.63) is 41.5 Å². The zero-order chi connectivity index (χ0) is 14.5. The van der Waals surface area contributed by atoms with Crippen LogP contribution in [0.4, 0.5) is 0 Å². The first-order valence-electron chi connectivity index (χ1n) is 6.91. The Morgan fingerprint density at radius 3 is 2.50 bits per heavy atom. The van der Waals surface area contributed by atoms with E-state index < -0.39 is 0 Å². The zero-order valence-electron chi connectivity index (χ0n) is 12.2. The third-order valence-electron chi connectivity index (χ3n) is 3.09. The van der Waals surface area contributed by atoms with Crippen LogP contribution in [0.15, 0.2) is 28.8 Å². The SMILES string of the molecule is CC[C@H](N)c1ccc(OCc2noc(C(C)C)n2)cc1. The molecule has 1 aromatic heterocycles. The lowest BCUT2D eigenvalue weighted by atomic mass is 10.1. The predicted octanol–water partition coefficient (Wildman–Crippen LogP) is 3.18. The second-order valence-corrected chi connectivity index (χ2v) is 5.08. The van der Waals surface area contributed by atoms with Crippen LogP contribution in [0.25, 0.3) is 0 Å². The zero-order valence-corrected chi connectivity index (χ0v) is 12.2. The van der Waals surface area contributed by atoms with Gasteiger partial charge in [0.05, 0.1) is 0 Å². The predicted molar refractivity (Wildman–Crippen MR) is 76.4 cm³/mol. The van der Waals surface area contributed by atoms with Crippen molar-refractivity contribution in [3.63, 3.8) is 0 Å². The van der Waals surface area contributed by atoms with Gasteiger partial charge in [-0.2, -0.15) is 4.98 Å². The molecule has 0 bridgehead atoms. The Morgan fingerprint density at radius 2 is 1.95 bits per heavy atom. The highest BCUT2D eigenvalue weighted by molar-refractivity contribution is 5.29. The van der Waals surface area contributed by atoms with Crippen LogP contribution in [0.3, 0.4) is 0 Å². The molecule has 1 heterocycles. The molecule has 0 saturated heterocycles. The van der Waals surface area contributed by atoms with Crippen molar-refractivity contribution in [1.82, 2.24) is 10.1 Å². The maximum Gasteiger partial charge on any atom is 0.229 e. The number of ether oxygens (including phenoxy) is 1. The summed E-state index contributed by atoms with van der Waals surface area (Å²) in [5.41, 5.74) is 7.08. The number of nitrogens with zero attached hydrogens (tertiary/aromatic N) is 2. The van der Waals surface area contributed by atoms with Gasteiger partial charge in [-0.1, -0.05) is 38.1 Å². The molecule has 0 amide bonds. The van der Waals surface area contributed by atoms with Crippen molar-refractivity contribution in [2.75, 3.05) is 0 Å². The van der Waals surface area contributed by atoms with Crippen LogP contribution in [-0.2, 0) is 6.61 Å². The van der Waals surface area contributed by atoms with Crippen molar-refractivity contribution in [2.45, 2.75) is 45.8 Å². The van der Waals surface area contributed by atoms with Gasteiger partial charge in [0.15, 0.2) is 6.61 Å². The third-order valence-corrected chi connectivity index (χ3v) is 3.09. The topological polar surface area (TPSA) is 74.2 Å². The summed E-state index contributed by atoms with van der Waals surface area (Å²) in [6.07, 6.45) is 0.918. The Bertz CT molecular complexity index is 534. The summed E-state index contributed by atoms with van der Waals surface area (Å²) < 4.78 is 10.7. The van der Waals surface area contributed by atoms with Gasteiger partial charge in [-0.15, -0.1) is 0 Å². The monoisotopic (exact) mass is 275 g/mol. The van der Waals surface area contributed by atoms with E-state index in [1.54, 1.807) is 0 Å². The Morgan fingerprint density at radius 1 is 1.25 bits per heavy atom. The van der Waals surface area contributed by atoms with Crippen LogP contribution < -0.4 is 10.5 Å². The highest BCUT2D eigenvalue weighted by Gasteiger charge is 2.10. The maximum absolute atomic E-state index is 5.97. The Labute approximate surface area is 119 Å². The lowest BCUT2D eigenvalue weighted by molar-refractivity contribution is 0.284. The minimum absolute atomic E-state index is 0.0786. The normalized spacial score (nSPS) is 12.7. The molecule has 2 N–H and O–H groups in total. The molecule has 0 aliphatic heterocycles. The molecule has 5 heteroatoms. The van der Waals surface area contributed by atoms with Crippen molar-refractivity contribution in [3.8, 4) is 5.75 Å². The second kappa shape index (κ2) is 6.52. The average Bonchev–Trinajstić information content (AvgIpc) is 2.94. The molecule has 0 spiro atoms. The first-order chi connectivity index (χ1) is 9.60. The van der Waals surface area contributed by atoms with Gasteiger partial charge < -0.3 is 15.0 Å². The van der Waals surface area contributed by atoms with E-state index in [1.165, 1.54) is 0 Å². The number of hydrogen-bond acceptors (Lipinski definition) is 5. The van der Waals surface area contributed by atoms with E-state index in [0.717, 1.165) is 17.7 Å². The molecule has 0 fully saturated rings. The molecule has 1 atom stereocenters. The molecule has 0 saturated carbocycles. The molecule has 0 aliphatic rings. The molecular formula is C15H21N3O2. The number of rotatable bonds is 6. The molecule has 108 valence electrons. The fraction of sp³-hybridized carbons (Fsp3) is 0.467. The Kier molecular flexibility index (Phi) is 4.74. The molecule has 0 unspecified atom stereocenters. The van der Waals surface area contributed by atoms with Gasteiger partial charge in [-0.05, 0) is 24.1 Å². The van der Waals surface area contributed by atoms with Gasteiger partial charge in [0, 0.05) is 12.0 Å². The summed E-state index contributed by atoms with van der Waals surface area (Å²) in [5.74, 6) is 2.19. The smallest absolute Gasteiger partial charge is 0.229 e. The van der Waals surface area contributed by atoms with Gasteiger partial charge in [-0.3, -0.25) is 0 Å². The van der Waals surface area contributed by atoms with Crippen molar-refractivity contribution in [1.29, 1.82) is 0 Å². The van der Waals surface area contributed by atoms with Gasteiger partial charge in [0.25, 0.3) is 0 Å². The first-order valence-corrected chi connectivity index (χ1v) is 6.91. The lowest BCUT2D eigenvalue weighted by Gasteiger charge is -2.10. The second-order valence-electron chi connectivity index (χ2n) is 5.08. The minimum atomic E-state index is 0.0786. The summed E-state index contributed by atoms with van der Waals surface area (Å²) in [5, 5.41) is 3.88. The summed E-state index contributed by atoms with van der Waals surface area (Å²) in [4.78, 5) is 4.26. The quantitative estimate of drug-likeness (QED) is 0.876. The van der Waals surface area contributed by atoms with Crippen molar-refractivity contribution < 1.29 is 9.26 Å². The van der Waals surface area contributed by atoms with E-state index in [2.05, 4.69) is 17.1 Å². The Hall–Kier alpha value is -1.88. The van der Waals surface area contributed by atoms with Gasteiger partial charge >= 0.3 is 0 Å².